The number of benzene rings is 1. The van der Waals surface area contributed by atoms with E-state index in [4.69, 9.17) is 9.47 Å². The molecular weight excluding hydrogens is 212 g/mol. The van der Waals surface area contributed by atoms with Crippen molar-refractivity contribution in [2.24, 2.45) is 0 Å². The SMILES string of the molecule is C=CCC(CCOCc1ccccc1)OC=C. The van der Waals surface area contributed by atoms with Crippen LogP contribution >= 0.6 is 0 Å². The van der Waals surface area contributed by atoms with Gasteiger partial charge in [-0.2, -0.15) is 0 Å². The first-order chi connectivity index (χ1) is 8.36. The van der Waals surface area contributed by atoms with Crippen molar-refractivity contribution >= 4 is 0 Å². The summed E-state index contributed by atoms with van der Waals surface area (Å²) >= 11 is 0. The predicted octanol–water partition coefficient (Wildman–Crippen LogP) is 3.70. The summed E-state index contributed by atoms with van der Waals surface area (Å²) in [5.41, 5.74) is 1.19. The van der Waals surface area contributed by atoms with Gasteiger partial charge < -0.3 is 9.47 Å². The maximum absolute atomic E-state index is 5.59. The molecular formula is C15H20O2. The Morgan fingerprint density at radius 1 is 1.18 bits per heavy atom. The molecule has 1 rings (SSSR count). The van der Waals surface area contributed by atoms with Crippen LogP contribution in [-0.2, 0) is 16.1 Å². The molecule has 17 heavy (non-hydrogen) atoms. The van der Waals surface area contributed by atoms with E-state index in [1.54, 1.807) is 0 Å². The van der Waals surface area contributed by atoms with Crippen LogP contribution in [0.4, 0.5) is 0 Å². The second kappa shape index (κ2) is 8.59. The molecule has 0 bridgehead atoms. The molecule has 0 amide bonds. The number of rotatable bonds is 9. The molecule has 0 aliphatic rings. The van der Waals surface area contributed by atoms with Crippen LogP contribution in [0.2, 0.25) is 0 Å². The molecule has 0 saturated heterocycles. The fourth-order valence-electron chi connectivity index (χ4n) is 1.54. The van der Waals surface area contributed by atoms with Crippen LogP contribution in [-0.4, -0.2) is 12.7 Å². The van der Waals surface area contributed by atoms with Gasteiger partial charge in [-0.1, -0.05) is 43.0 Å². The van der Waals surface area contributed by atoms with Gasteiger partial charge in [-0.05, 0) is 5.56 Å². The van der Waals surface area contributed by atoms with E-state index in [0.29, 0.717) is 13.2 Å². The van der Waals surface area contributed by atoms with Gasteiger partial charge in [0.15, 0.2) is 0 Å². The van der Waals surface area contributed by atoms with E-state index in [1.165, 1.54) is 11.8 Å². The molecule has 0 saturated carbocycles. The Kier molecular flexibility index (Phi) is 6.84. The fraction of sp³-hybridized carbons (Fsp3) is 0.333. The lowest BCUT2D eigenvalue weighted by molar-refractivity contribution is 0.0663. The van der Waals surface area contributed by atoms with Gasteiger partial charge >= 0.3 is 0 Å². The summed E-state index contributed by atoms with van der Waals surface area (Å²) in [4.78, 5) is 0. The molecule has 92 valence electrons. The Labute approximate surface area is 104 Å². The van der Waals surface area contributed by atoms with E-state index in [-0.39, 0.29) is 6.10 Å². The molecule has 1 aromatic carbocycles. The number of hydrogen-bond acceptors (Lipinski definition) is 2. The van der Waals surface area contributed by atoms with Crippen molar-refractivity contribution in [3.63, 3.8) is 0 Å². The Morgan fingerprint density at radius 2 is 1.94 bits per heavy atom. The molecule has 0 aliphatic carbocycles. The summed E-state index contributed by atoms with van der Waals surface area (Å²) in [5.74, 6) is 0. The molecule has 0 aliphatic heterocycles. The topological polar surface area (TPSA) is 18.5 Å². The van der Waals surface area contributed by atoms with E-state index < -0.39 is 0 Å². The summed E-state index contributed by atoms with van der Waals surface area (Å²) in [5, 5.41) is 0. The van der Waals surface area contributed by atoms with Gasteiger partial charge in [0.2, 0.25) is 0 Å². The maximum atomic E-state index is 5.59. The quantitative estimate of drug-likeness (QED) is 0.367. The van der Waals surface area contributed by atoms with Gasteiger partial charge in [0.25, 0.3) is 0 Å². The first-order valence-corrected chi connectivity index (χ1v) is 5.85. The fourth-order valence-corrected chi connectivity index (χ4v) is 1.54. The monoisotopic (exact) mass is 232 g/mol. The Balaban J connectivity index is 2.17. The number of hydrogen-bond donors (Lipinski definition) is 0. The van der Waals surface area contributed by atoms with Gasteiger partial charge in [-0.15, -0.1) is 6.58 Å². The van der Waals surface area contributed by atoms with E-state index in [0.717, 1.165) is 12.8 Å². The van der Waals surface area contributed by atoms with Crippen molar-refractivity contribution in [1.29, 1.82) is 0 Å². The van der Waals surface area contributed by atoms with Crippen LogP contribution in [0, 0.1) is 0 Å². The number of ether oxygens (including phenoxy) is 2. The van der Waals surface area contributed by atoms with Crippen LogP contribution in [0.3, 0.4) is 0 Å². The van der Waals surface area contributed by atoms with E-state index in [9.17, 15) is 0 Å². The maximum Gasteiger partial charge on any atom is 0.103 e. The van der Waals surface area contributed by atoms with Crippen LogP contribution in [0.5, 0.6) is 0 Å². The first kappa shape index (κ1) is 13.5. The highest BCUT2D eigenvalue weighted by Crippen LogP contribution is 2.07. The van der Waals surface area contributed by atoms with Crippen molar-refractivity contribution in [1.82, 2.24) is 0 Å². The van der Waals surface area contributed by atoms with Crippen molar-refractivity contribution in [2.75, 3.05) is 6.61 Å². The van der Waals surface area contributed by atoms with Crippen molar-refractivity contribution < 1.29 is 9.47 Å². The largest absolute Gasteiger partial charge is 0.498 e. The Bertz CT molecular complexity index is 309. The minimum atomic E-state index is 0.126. The lowest BCUT2D eigenvalue weighted by Crippen LogP contribution is -2.12. The molecule has 2 heteroatoms. The van der Waals surface area contributed by atoms with Crippen molar-refractivity contribution in [3.05, 3.63) is 61.4 Å². The Morgan fingerprint density at radius 3 is 2.59 bits per heavy atom. The zero-order valence-electron chi connectivity index (χ0n) is 10.2. The predicted molar refractivity (Wildman–Crippen MR) is 70.6 cm³/mol. The van der Waals surface area contributed by atoms with Crippen LogP contribution in [0.25, 0.3) is 0 Å². The molecule has 2 nitrogen and oxygen atoms in total. The van der Waals surface area contributed by atoms with Gasteiger partial charge in [0.05, 0.1) is 19.5 Å². The highest BCUT2D eigenvalue weighted by atomic mass is 16.5. The molecule has 0 spiro atoms. The Hall–Kier alpha value is -1.54. The van der Waals surface area contributed by atoms with E-state index >= 15 is 0 Å². The highest BCUT2D eigenvalue weighted by Gasteiger charge is 2.05. The first-order valence-electron chi connectivity index (χ1n) is 5.85. The lowest BCUT2D eigenvalue weighted by atomic mass is 10.2. The molecule has 0 aromatic heterocycles. The zero-order chi connectivity index (χ0) is 12.3. The minimum absolute atomic E-state index is 0.126. The average Bonchev–Trinajstić information content (AvgIpc) is 2.36. The van der Waals surface area contributed by atoms with E-state index in [2.05, 4.69) is 25.3 Å². The van der Waals surface area contributed by atoms with Crippen molar-refractivity contribution in [2.45, 2.75) is 25.6 Å². The smallest absolute Gasteiger partial charge is 0.103 e. The normalized spacial score (nSPS) is 11.8. The highest BCUT2D eigenvalue weighted by molar-refractivity contribution is 5.13. The van der Waals surface area contributed by atoms with Crippen LogP contribution in [0.15, 0.2) is 55.8 Å². The minimum Gasteiger partial charge on any atom is -0.498 e. The molecule has 0 heterocycles. The third-order valence-corrected chi connectivity index (χ3v) is 2.41. The van der Waals surface area contributed by atoms with Gasteiger partial charge in [0, 0.05) is 12.8 Å². The molecule has 1 aromatic rings. The summed E-state index contributed by atoms with van der Waals surface area (Å²) in [6.45, 7) is 8.60. The summed E-state index contributed by atoms with van der Waals surface area (Å²) in [7, 11) is 0. The second-order valence-electron chi connectivity index (χ2n) is 3.78. The van der Waals surface area contributed by atoms with Gasteiger partial charge in [0.1, 0.15) is 6.10 Å². The molecule has 1 unspecified atom stereocenters. The van der Waals surface area contributed by atoms with Crippen LogP contribution in [0.1, 0.15) is 18.4 Å². The van der Waals surface area contributed by atoms with Crippen LogP contribution < -0.4 is 0 Å². The summed E-state index contributed by atoms with van der Waals surface area (Å²) < 4.78 is 10.9. The lowest BCUT2D eigenvalue weighted by Gasteiger charge is -2.14. The third-order valence-electron chi connectivity index (χ3n) is 2.41. The van der Waals surface area contributed by atoms with E-state index in [1.807, 2.05) is 24.3 Å². The summed E-state index contributed by atoms with van der Waals surface area (Å²) in [6.07, 6.45) is 5.13. The van der Waals surface area contributed by atoms with Gasteiger partial charge in [-0.3, -0.25) is 0 Å². The summed E-state index contributed by atoms with van der Waals surface area (Å²) in [6, 6.07) is 10.1. The van der Waals surface area contributed by atoms with Gasteiger partial charge in [-0.25, -0.2) is 0 Å². The third kappa shape index (κ3) is 5.93. The van der Waals surface area contributed by atoms with Crippen molar-refractivity contribution in [3.8, 4) is 0 Å². The molecule has 1 atom stereocenters. The zero-order valence-corrected chi connectivity index (χ0v) is 10.2. The average molecular weight is 232 g/mol. The molecule has 0 N–H and O–H groups in total. The molecule has 0 radical (unpaired) electrons. The second-order valence-corrected chi connectivity index (χ2v) is 3.78. The standard InChI is InChI=1S/C15H20O2/c1-3-8-15(17-4-2)11-12-16-13-14-9-6-5-7-10-14/h3-7,9-10,15H,1-2,8,11-13H2. The molecule has 0 fully saturated rings.